The quantitative estimate of drug-likeness (QED) is 0.667. The van der Waals surface area contributed by atoms with Crippen LogP contribution in [0.2, 0.25) is 0 Å². The smallest absolute Gasteiger partial charge is 0.119 e. The monoisotopic (exact) mass is 247 g/mol. The third-order valence-corrected chi connectivity index (χ3v) is 3.85. The largest absolute Gasteiger partial charge is 0.398 e. The number of aromatic nitrogens is 2. The minimum Gasteiger partial charge on any atom is -0.398 e. The van der Waals surface area contributed by atoms with Gasteiger partial charge in [0.1, 0.15) is 5.82 Å². The Hall–Kier alpha value is -1.42. The summed E-state index contributed by atoms with van der Waals surface area (Å²) in [7, 11) is 0. The number of hydrogen-bond donors (Lipinski definition) is 1. The number of aryl methyl sites for hydroxylation is 2. The fourth-order valence-electron chi connectivity index (χ4n) is 1.69. The van der Waals surface area contributed by atoms with Gasteiger partial charge in [-0.15, -0.1) is 11.8 Å². The molecule has 0 atom stereocenters. The molecular weight excluding hydrogens is 230 g/mol. The number of nitrogens with zero attached hydrogens (tertiary/aromatic N) is 2. The van der Waals surface area contributed by atoms with Gasteiger partial charge >= 0.3 is 0 Å². The molecule has 0 radical (unpaired) electrons. The van der Waals surface area contributed by atoms with Gasteiger partial charge in [0.05, 0.1) is 5.75 Å². The number of hydrogen-bond acceptors (Lipinski definition) is 3. The summed E-state index contributed by atoms with van der Waals surface area (Å²) in [5.41, 5.74) is 8.06. The van der Waals surface area contributed by atoms with Crippen LogP contribution < -0.4 is 5.73 Å². The Morgan fingerprint density at radius 1 is 1.41 bits per heavy atom. The van der Waals surface area contributed by atoms with Gasteiger partial charge in [-0.3, -0.25) is 0 Å². The second-order valence-corrected chi connectivity index (χ2v) is 4.92. The first-order chi connectivity index (χ1) is 8.22. The lowest BCUT2D eigenvalue weighted by Gasteiger charge is -2.08. The van der Waals surface area contributed by atoms with Gasteiger partial charge in [0.25, 0.3) is 0 Å². The number of thioether (sulfide) groups is 1. The summed E-state index contributed by atoms with van der Waals surface area (Å²) >= 11 is 1.74. The molecule has 0 saturated heterocycles. The summed E-state index contributed by atoms with van der Waals surface area (Å²) in [6.45, 7) is 5.11. The Balaban J connectivity index is 2.10. The van der Waals surface area contributed by atoms with E-state index in [0.29, 0.717) is 0 Å². The van der Waals surface area contributed by atoms with Gasteiger partial charge in [-0.2, -0.15) is 0 Å². The standard InChI is InChI=1S/C13H17N3S/c1-3-16-8-7-15-12(16)9-17-11-6-4-5-10(2)13(11)14/h4-8H,3,9,14H2,1-2H3. The molecular formula is C13H17N3S. The van der Waals surface area contributed by atoms with E-state index in [2.05, 4.69) is 22.5 Å². The van der Waals surface area contributed by atoms with Crippen LogP contribution >= 0.6 is 11.8 Å². The number of rotatable bonds is 4. The van der Waals surface area contributed by atoms with Gasteiger partial charge in [0.2, 0.25) is 0 Å². The zero-order chi connectivity index (χ0) is 12.3. The third kappa shape index (κ3) is 2.64. The van der Waals surface area contributed by atoms with E-state index in [1.165, 1.54) is 0 Å². The highest BCUT2D eigenvalue weighted by molar-refractivity contribution is 7.98. The molecule has 1 aromatic heterocycles. The van der Waals surface area contributed by atoms with E-state index in [9.17, 15) is 0 Å². The lowest BCUT2D eigenvalue weighted by atomic mass is 10.2. The average Bonchev–Trinajstić information content (AvgIpc) is 2.78. The van der Waals surface area contributed by atoms with Gasteiger partial charge in [0, 0.05) is 29.5 Å². The van der Waals surface area contributed by atoms with Crippen LogP contribution in [0.4, 0.5) is 5.69 Å². The topological polar surface area (TPSA) is 43.8 Å². The van der Waals surface area contributed by atoms with Crippen molar-refractivity contribution in [2.45, 2.75) is 31.0 Å². The van der Waals surface area contributed by atoms with Crippen LogP contribution in [0.1, 0.15) is 18.3 Å². The van der Waals surface area contributed by atoms with Gasteiger partial charge in [-0.05, 0) is 25.5 Å². The Kier molecular flexibility index (Phi) is 3.74. The van der Waals surface area contributed by atoms with Crippen molar-refractivity contribution in [2.75, 3.05) is 5.73 Å². The van der Waals surface area contributed by atoms with Crippen LogP contribution in [-0.4, -0.2) is 9.55 Å². The van der Waals surface area contributed by atoms with Crippen molar-refractivity contribution in [1.82, 2.24) is 9.55 Å². The Morgan fingerprint density at radius 3 is 3.00 bits per heavy atom. The summed E-state index contributed by atoms with van der Waals surface area (Å²) in [5.74, 6) is 1.95. The van der Waals surface area contributed by atoms with Crippen LogP contribution in [0.25, 0.3) is 0 Å². The zero-order valence-electron chi connectivity index (χ0n) is 10.2. The highest BCUT2D eigenvalue weighted by Crippen LogP contribution is 2.29. The number of nitrogens with two attached hydrogens (primary N) is 1. The normalized spacial score (nSPS) is 10.7. The summed E-state index contributed by atoms with van der Waals surface area (Å²) < 4.78 is 2.15. The summed E-state index contributed by atoms with van der Waals surface area (Å²) in [4.78, 5) is 5.49. The van der Waals surface area contributed by atoms with Crippen molar-refractivity contribution < 1.29 is 0 Å². The summed E-state index contributed by atoms with van der Waals surface area (Å²) in [5, 5.41) is 0. The van der Waals surface area contributed by atoms with Crippen LogP contribution in [0, 0.1) is 6.92 Å². The first-order valence-corrected chi connectivity index (χ1v) is 6.68. The second-order valence-electron chi connectivity index (χ2n) is 3.90. The van der Waals surface area contributed by atoms with Gasteiger partial charge in [-0.25, -0.2) is 4.98 Å². The highest BCUT2D eigenvalue weighted by Gasteiger charge is 2.05. The minimum absolute atomic E-state index is 0.856. The SMILES string of the molecule is CCn1ccnc1CSc1cccc(C)c1N. The molecule has 0 fully saturated rings. The lowest BCUT2D eigenvalue weighted by molar-refractivity contribution is 0.726. The van der Waals surface area contributed by atoms with Gasteiger partial charge in [-0.1, -0.05) is 12.1 Å². The maximum absolute atomic E-state index is 6.04. The molecule has 0 saturated carbocycles. The van der Waals surface area contributed by atoms with E-state index >= 15 is 0 Å². The molecule has 2 rings (SSSR count). The number of nitrogen functional groups attached to an aromatic ring is 1. The first kappa shape index (κ1) is 12.0. The summed E-state index contributed by atoms with van der Waals surface area (Å²) in [6, 6.07) is 6.14. The predicted octanol–water partition coefficient (Wildman–Crippen LogP) is 3.09. The van der Waals surface area contributed by atoms with Crippen molar-refractivity contribution in [1.29, 1.82) is 0 Å². The molecule has 2 N–H and O–H groups in total. The number of benzene rings is 1. The minimum atomic E-state index is 0.856. The molecule has 0 aliphatic carbocycles. The highest BCUT2D eigenvalue weighted by atomic mass is 32.2. The van der Waals surface area contributed by atoms with E-state index in [1.807, 2.05) is 31.5 Å². The average molecular weight is 247 g/mol. The third-order valence-electron chi connectivity index (χ3n) is 2.78. The van der Waals surface area contributed by atoms with E-state index in [1.54, 1.807) is 11.8 Å². The lowest BCUT2D eigenvalue weighted by Crippen LogP contribution is -1.99. The summed E-state index contributed by atoms with van der Waals surface area (Å²) in [6.07, 6.45) is 3.86. The van der Waals surface area contributed by atoms with Crippen molar-refractivity contribution >= 4 is 17.4 Å². The molecule has 2 aromatic rings. The number of anilines is 1. The van der Waals surface area contributed by atoms with Crippen LogP contribution in [-0.2, 0) is 12.3 Å². The maximum Gasteiger partial charge on any atom is 0.119 e. The first-order valence-electron chi connectivity index (χ1n) is 5.70. The van der Waals surface area contributed by atoms with Crippen LogP contribution in [0.5, 0.6) is 0 Å². The molecule has 0 amide bonds. The molecule has 0 spiro atoms. The van der Waals surface area contributed by atoms with E-state index in [4.69, 9.17) is 5.73 Å². The van der Waals surface area contributed by atoms with E-state index < -0.39 is 0 Å². The molecule has 0 aliphatic heterocycles. The fraction of sp³-hybridized carbons (Fsp3) is 0.308. The molecule has 90 valence electrons. The van der Waals surface area contributed by atoms with Crippen molar-refractivity contribution in [2.24, 2.45) is 0 Å². The fourth-order valence-corrected chi connectivity index (χ4v) is 2.71. The molecule has 3 nitrogen and oxygen atoms in total. The van der Waals surface area contributed by atoms with Crippen molar-refractivity contribution in [3.05, 3.63) is 42.0 Å². The van der Waals surface area contributed by atoms with Crippen LogP contribution in [0.3, 0.4) is 0 Å². The number of para-hydroxylation sites is 1. The van der Waals surface area contributed by atoms with Crippen molar-refractivity contribution in [3.8, 4) is 0 Å². The maximum atomic E-state index is 6.04. The van der Waals surface area contributed by atoms with Crippen molar-refractivity contribution in [3.63, 3.8) is 0 Å². The predicted molar refractivity (Wildman–Crippen MR) is 73.1 cm³/mol. The molecule has 0 unspecified atom stereocenters. The molecule has 4 heteroatoms. The number of imidazole rings is 1. The molecule has 17 heavy (non-hydrogen) atoms. The Morgan fingerprint density at radius 2 is 2.24 bits per heavy atom. The Bertz CT molecular complexity index is 505. The van der Waals surface area contributed by atoms with Gasteiger partial charge in [0.15, 0.2) is 0 Å². The Labute approximate surface area is 106 Å². The molecule has 0 bridgehead atoms. The molecule has 1 heterocycles. The zero-order valence-corrected chi connectivity index (χ0v) is 11.0. The van der Waals surface area contributed by atoms with E-state index in [-0.39, 0.29) is 0 Å². The van der Waals surface area contributed by atoms with E-state index in [0.717, 1.165) is 34.3 Å². The van der Waals surface area contributed by atoms with Crippen LogP contribution in [0.15, 0.2) is 35.5 Å². The second kappa shape index (κ2) is 5.27. The molecule has 1 aromatic carbocycles. The molecule has 0 aliphatic rings. The van der Waals surface area contributed by atoms with Gasteiger partial charge < -0.3 is 10.3 Å².